The monoisotopic (exact) mass is 434 g/mol. The van der Waals surface area contributed by atoms with Crippen LogP contribution in [0.1, 0.15) is 33.4 Å². The van der Waals surface area contributed by atoms with Crippen LogP contribution in [0.15, 0.2) is 97.1 Å². The Kier molecular flexibility index (Phi) is 5.06. The Morgan fingerprint density at radius 3 is 1.42 bits per heavy atom. The maximum atomic E-state index is 11.4. The molecule has 0 radical (unpaired) electrons. The second-order valence-electron chi connectivity index (χ2n) is 8.38. The number of carboxylic acid groups (broad SMARTS) is 2. The zero-order valence-electron chi connectivity index (χ0n) is 17.9. The molecule has 0 aromatic heterocycles. The van der Waals surface area contributed by atoms with Crippen LogP contribution in [0.5, 0.6) is 0 Å². The molecule has 1 aliphatic rings. The van der Waals surface area contributed by atoms with Crippen LogP contribution in [-0.4, -0.2) is 22.2 Å². The van der Waals surface area contributed by atoms with Crippen LogP contribution in [0, 0.1) is 0 Å². The summed E-state index contributed by atoms with van der Waals surface area (Å²) < 4.78 is 0. The second kappa shape index (κ2) is 8.06. The minimum Gasteiger partial charge on any atom is -0.481 e. The van der Waals surface area contributed by atoms with Gasteiger partial charge in [-0.2, -0.15) is 0 Å². The Morgan fingerprint density at radius 2 is 1.00 bits per heavy atom. The van der Waals surface area contributed by atoms with Crippen molar-refractivity contribution in [2.24, 2.45) is 0 Å². The summed E-state index contributed by atoms with van der Waals surface area (Å²) in [7, 11) is 0. The Hall–Kier alpha value is -4.18. The predicted octanol–water partition coefficient (Wildman–Crippen LogP) is 5.30. The minimum atomic E-state index is -0.878. The molecule has 4 heteroatoms. The number of rotatable bonds is 6. The van der Waals surface area contributed by atoms with E-state index < -0.39 is 17.4 Å². The van der Waals surface area contributed by atoms with E-state index in [9.17, 15) is 19.8 Å². The van der Waals surface area contributed by atoms with Crippen LogP contribution >= 0.6 is 0 Å². The molecular formula is C29H22O4. The molecule has 162 valence electrons. The Bertz CT molecular complexity index is 1280. The van der Waals surface area contributed by atoms with Crippen LogP contribution < -0.4 is 0 Å². The first-order chi connectivity index (χ1) is 16.0. The highest BCUT2D eigenvalue weighted by Gasteiger charge is 2.46. The van der Waals surface area contributed by atoms with E-state index in [0.29, 0.717) is 0 Å². The first-order valence-corrected chi connectivity index (χ1v) is 10.8. The smallest absolute Gasteiger partial charge is 0.307 e. The maximum absolute atomic E-state index is 11.4. The fraction of sp³-hybridized carbons (Fsp3) is 0.103. The molecule has 1 aliphatic carbocycles. The zero-order valence-corrected chi connectivity index (χ0v) is 17.9. The van der Waals surface area contributed by atoms with Crippen LogP contribution in [0.25, 0.3) is 11.1 Å². The molecule has 0 heterocycles. The molecule has 0 fully saturated rings. The lowest BCUT2D eigenvalue weighted by Crippen LogP contribution is -2.29. The van der Waals surface area contributed by atoms with Crippen molar-refractivity contribution in [2.45, 2.75) is 18.3 Å². The molecule has 0 bridgehead atoms. The average Bonchev–Trinajstić information content (AvgIpc) is 3.10. The van der Waals surface area contributed by atoms with Gasteiger partial charge in [0.25, 0.3) is 0 Å². The molecule has 4 aromatic carbocycles. The number of fused-ring (bicyclic) bond motifs is 3. The van der Waals surface area contributed by atoms with E-state index in [1.54, 1.807) is 0 Å². The summed E-state index contributed by atoms with van der Waals surface area (Å²) in [4.78, 5) is 22.9. The van der Waals surface area contributed by atoms with Gasteiger partial charge in [0.1, 0.15) is 0 Å². The quantitative estimate of drug-likeness (QED) is 0.380. The first-order valence-electron chi connectivity index (χ1n) is 10.8. The van der Waals surface area contributed by atoms with Crippen molar-refractivity contribution >= 4 is 11.9 Å². The fourth-order valence-electron chi connectivity index (χ4n) is 5.20. The van der Waals surface area contributed by atoms with Crippen molar-refractivity contribution in [1.29, 1.82) is 0 Å². The topological polar surface area (TPSA) is 74.6 Å². The van der Waals surface area contributed by atoms with Gasteiger partial charge in [-0.1, -0.05) is 97.1 Å². The van der Waals surface area contributed by atoms with Gasteiger partial charge in [-0.3, -0.25) is 9.59 Å². The number of hydrogen-bond donors (Lipinski definition) is 2. The number of benzene rings is 4. The van der Waals surface area contributed by atoms with Gasteiger partial charge >= 0.3 is 11.9 Å². The van der Waals surface area contributed by atoms with Gasteiger partial charge in [-0.25, -0.2) is 0 Å². The lowest BCUT2D eigenvalue weighted by atomic mass is 9.67. The highest BCUT2D eigenvalue weighted by Crippen LogP contribution is 2.56. The van der Waals surface area contributed by atoms with Crippen LogP contribution in [0.3, 0.4) is 0 Å². The predicted molar refractivity (Wildman–Crippen MR) is 126 cm³/mol. The third-order valence-corrected chi connectivity index (χ3v) is 6.38. The van der Waals surface area contributed by atoms with Crippen LogP contribution in [0.2, 0.25) is 0 Å². The van der Waals surface area contributed by atoms with Gasteiger partial charge in [-0.05, 0) is 44.5 Å². The lowest BCUT2D eigenvalue weighted by molar-refractivity contribution is -0.137. The number of aliphatic carboxylic acids is 2. The van der Waals surface area contributed by atoms with E-state index in [2.05, 4.69) is 24.3 Å². The molecule has 4 nitrogen and oxygen atoms in total. The molecule has 2 N–H and O–H groups in total. The summed E-state index contributed by atoms with van der Waals surface area (Å²) in [5.74, 6) is -1.76. The van der Waals surface area contributed by atoms with E-state index in [1.807, 2.05) is 72.8 Å². The van der Waals surface area contributed by atoms with Crippen molar-refractivity contribution in [1.82, 2.24) is 0 Å². The van der Waals surface area contributed by atoms with Crippen molar-refractivity contribution < 1.29 is 19.8 Å². The third-order valence-electron chi connectivity index (χ3n) is 6.38. The van der Waals surface area contributed by atoms with E-state index >= 15 is 0 Å². The van der Waals surface area contributed by atoms with Crippen molar-refractivity contribution in [3.63, 3.8) is 0 Å². The van der Waals surface area contributed by atoms with Crippen LogP contribution in [-0.2, 0) is 27.8 Å². The van der Waals surface area contributed by atoms with Gasteiger partial charge in [0, 0.05) is 0 Å². The summed E-state index contributed by atoms with van der Waals surface area (Å²) in [6.45, 7) is 0. The van der Waals surface area contributed by atoms with E-state index in [0.717, 1.165) is 44.5 Å². The molecular weight excluding hydrogens is 412 g/mol. The summed E-state index contributed by atoms with van der Waals surface area (Å²) >= 11 is 0. The molecule has 0 atom stereocenters. The molecule has 5 rings (SSSR count). The Morgan fingerprint density at radius 1 is 0.576 bits per heavy atom. The molecule has 0 amide bonds. The molecule has 0 unspecified atom stereocenters. The first kappa shape index (κ1) is 20.7. The van der Waals surface area contributed by atoms with Gasteiger partial charge in [-0.15, -0.1) is 0 Å². The third kappa shape index (κ3) is 3.40. The lowest BCUT2D eigenvalue weighted by Gasteiger charge is -2.34. The summed E-state index contributed by atoms with van der Waals surface area (Å²) in [5.41, 5.74) is 7.15. The van der Waals surface area contributed by atoms with Gasteiger partial charge in [0.15, 0.2) is 0 Å². The summed E-state index contributed by atoms with van der Waals surface area (Å²) in [6.07, 6.45) is -0.126. The molecule has 0 saturated carbocycles. The number of hydrogen-bond acceptors (Lipinski definition) is 2. The highest BCUT2D eigenvalue weighted by atomic mass is 16.4. The van der Waals surface area contributed by atoms with Crippen molar-refractivity contribution in [3.05, 3.63) is 130 Å². The Labute approximate surface area is 191 Å². The van der Waals surface area contributed by atoms with E-state index in [1.165, 1.54) is 0 Å². The summed E-state index contributed by atoms with van der Waals surface area (Å²) in [6, 6.07) is 32.0. The van der Waals surface area contributed by atoms with E-state index in [-0.39, 0.29) is 12.8 Å². The molecule has 0 saturated heterocycles. The standard InChI is InChI=1S/C29H22O4/c30-27(31)17-19-7-5-9-21(15-19)29(22-10-6-8-20(16-22)18-28(32)33)25-13-3-1-11-23(25)24-12-2-4-14-26(24)29/h1-16H,17-18H2,(H,30,31)(H,32,33). The molecule has 0 aliphatic heterocycles. The van der Waals surface area contributed by atoms with E-state index in [4.69, 9.17) is 0 Å². The van der Waals surface area contributed by atoms with Crippen molar-refractivity contribution in [2.75, 3.05) is 0 Å². The SMILES string of the molecule is O=C(O)Cc1cccc(C2(c3cccc(CC(=O)O)c3)c3ccccc3-c3ccccc32)c1. The zero-order chi connectivity index (χ0) is 23.0. The largest absolute Gasteiger partial charge is 0.481 e. The normalized spacial score (nSPS) is 13.2. The highest BCUT2D eigenvalue weighted by molar-refractivity contribution is 5.86. The fourth-order valence-corrected chi connectivity index (χ4v) is 5.20. The summed E-state index contributed by atoms with van der Waals surface area (Å²) in [5, 5.41) is 18.8. The Balaban J connectivity index is 1.86. The van der Waals surface area contributed by atoms with Gasteiger partial charge in [0.2, 0.25) is 0 Å². The van der Waals surface area contributed by atoms with Gasteiger partial charge < -0.3 is 10.2 Å². The molecule has 0 spiro atoms. The second-order valence-corrected chi connectivity index (χ2v) is 8.38. The minimum absolute atomic E-state index is 0.0632. The van der Waals surface area contributed by atoms with Crippen LogP contribution in [0.4, 0.5) is 0 Å². The van der Waals surface area contributed by atoms with Crippen molar-refractivity contribution in [3.8, 4) is 11.1 Å². The number of carbonyl (C=O) groups is 2. The molecule has 33 heavy (non-hydrogen) atoms. The van der Waals surface area contributed by atoms with Gasteiger partial charge in [0.05, 0.1) is 18.3 Å². The maximum Gasteiger partial charge on any atom is 0.307 e. The number of carboxylic acids is 2. The average molecular weight is 434 g/mol. The molecule has 4 aromatic rings.